The van der Waals surface area contributed by atoms with Crippen molar-refractivity contribution in [2.24, 2.45) is 11.3 Å². The van der Waals surface area contributed by atoms with Crippen molar-refractivity contribution in [3.05, 3.63) is 88.3 Å². The Balaban J connectivity index is 1.37. The largest absolute Gasteiger partial charge is 0.242 e. The van der Waals surface area contributed by atoms with E-state index in [1.165, 1.54) is 17.7 Å². The number of benzene rings is 2. The van der Waals surface area contributed by atoms with Crippen molar-refractivity contribution in [3.63, 3.8) is 0 Å². The molecule has 2 aromatic carbocycles. The first-order chi connectivity index (χ1) is 15.0. The highest BCUT2D eigenvalue weighted by Gasteiger charge is 2.49. The van der Waals surface area contributed by atoms with E-state index in [9.17, 15) is 4.39 Å². The van der Waals surface area contributed by atoms with E-state index in [0.29, 0.717) is 0 Å². The molecule has 6 rings (SSSR count). The number of allylic oxidation sites excluding steroid dienone is 1. The predicted octanol–water partition coefficient (Wildman–Crippen LogP) is 7.29. The summed E-state index contributed by atoms with van der Waals surface area (Å²) >= 11 is 1.63. The van der Waals surface area contributed by atoms with Crippen molar-refractivity contribution in [2.45, 2.75) is 32.4 Å². The molecular weight excluding hydrogens is 410 g/mol. The fourth-order valence-corrected chi connectivity index (χ4v) is 6.54. The van der Waals surface area contributed by atoms with Crippen LogP contribution in [0.5, 0.6) is 0 Å². The van der Waals surface area contributed by atoms with E-state index in [1.54, 1.807) is 23.5 Å². The van der Waals surface area contributed by atoms with Gasteiger partial charge < -0.3 is 0 Å². The number of fused-ring (bicyclic) bond motifs is 3. The lowest BCUT2D eigenvalue weighted by atomic mass is 9.67. The molecule has 1 saturated carbocycles. The third-order valence-corrected chi connectivity index (χ3v) is 8.25. The number of rotatable bonds is 3. The summed E-state index contributed by atoms with van der Waals surface area (Å²) < 4.78 is 32.4. The van der Waals surface area contributed by atoms with Crippen molar-refractivity contribution in [2.75, 3.05) is 0 Å². The van der Waals surface area contributed by atoms with Crippen molar-refractivity contribution < 1.29 is 8.78 Å². The topological polar surface area (TPSA) is 17.8 Å². The van der Waals surface area contributed by atoms with Crippen LogP contribution in [0.2, 0.25) is 0 Å². The monoisotopic (exact) mass is 432 g/mol. The zero-order valence-corrected chi connectivity index (χ0v) is 18.0. The molecule has 156 valence electrons. The van der Waals surface area contributed by atoms with Gasteiger partial charge in [-0.15, -0.1) is 11.3 Å². The summed E-state index contributed by atoms with van der Waals surface area (Å²) in [6.07, 6.45) is 5.64. The summed E-state index contributed by atoms with van der Waals surface area (Å²) in [5.41, 5.74) is 4.93. The van der Waals surface area contributed by atoms with Crippen molar-refractivity contribution in [1.29, 1.82) is 0 Å². The molecule has 0 radical (unpaired) electrons. The molecule has 0 saturated heterocycles. The lowest BCUT2D eigenvalue weighted by Crippen LogP contribution is -2.31. The van der Waals surface area contributed by atoms with Crippen LogP contribution < -0.4 is 0 Å². The van der Waals surface area contributed by atoms with Gasteiger partial charge in [0.1, 0.15) is 12.0 Å². The van der Waals surface area contributed by atoms with Crippen molar-refractivity contribution >= 4 is 27.5 Å². The maximum Gasteiger partial charge on any atom is 0.130 e. The normalized spacial score (nSPS) is 23.5. The Morgan fingerprint density at radius 2 is 1.97 bits per heavy atom. The molecule has 4 aromatic rings. The van der Waals surface area contributed by atoms with Crippen LogP contribution in [-0.2, 0) is 6.42 Å². The maximum absolute atomic E-state index is 16.0. The van der Waals surface area contributed by atoms with E-state index in [1.807, 2.05) is 34.5 Å². The molecule has 0 N–H and O–H groups in total. The first kappa shape index (κ1) is 18.9. The van der Waals surface area contributed by atoms with E-state index in [-0.39, 0.29) is 17.2 Å². The molecular formula is C26H22F2N2S. The zero-order valence-electron chi connectivity index (χ0n) is 17.2. The van der Waals surface area contributed by atoms with Gasteiger partial charge in [0.05, 0.1) is 17.6 Å². The van der Waals surface area contributed by atoms with Crippen molar-refractivity contribution in [3.8, 4) is 5.69 Å². The van der Waals surface area contributed by atoms with Crippen LogP contribution in [0, 0.1) is 17.2 Å². The maximum atomic E-state index is 16.0. The molecule has 1 unspecified atom stereocenters. The highest BCUT2D eigenvalue weighted by atomic mass is 32.1. The van der Waals surface area contributed by atoms with Gasteiger partial charge in [0.25, 0.3) is 0 Å². The van der Waals surface area contributed by atoms with Crippen LogP contribution >= 0.6 is 11.3 Å². The fourth-order valence-electron chi connectivity index (χ4n) is 5.56. The minimum absolute atomic E-state index is 0.0564. The van der Waals surface area contributed by atoms with Crippen LogP contribution in [0.4, 0.5) is 8.78 Å². The van der Waals surface area contributed by atoms with Crippen LogP contribution in [0.15, 0.2) is 65.7 Å². The molecule has 5 heteroatoms. The van der Waals surface area contributed by atoms with E-state index in [4.69, 9.17) is 0 Å². The Bertz CT molecular complexity index is 1320. The number of nitrogens with zero attached hydrogens (tertiary/aromatic N) is 2. The summed E-state index contributed by atoms with van der Waals surface area (Å²) in [6.45, 7) is 2.22. The first-order valence-electron chi connectivity index (χ1n) is 10.7. The van der Waals surface area contributed by atoms with E-state index < -0.39 is 6.17 Å². The smallest absolute Gasteiger partial charge is 0.130 e. The lowest BCUT2D eigenvalue weighted by Gasteiger charge is -2.37. The second-order valence-corrected chi connectivity index (χ2v) is 9.85. The van der Waals surface area contributed by atoms with Gasteiger partial charge in [-0.2, -0.15) is 5.10 Å². The van der Waals surface area contributed by atoms with Crippen LogP contribution in [0.1, 0.15) is 42.8 Å². The van der Waals surface area contributed by atoms with Gasteiger partial charge >= 0.3 is 0 Å². The summed E-state index contributed by atoms with van der Waals surface area (Å²) in [6, 6.07) is 14.5. The molecule has 2 aliphatic carbocycles. The van der Waals surface area contributed by atoms with Gasteiger partial charge in [-0.25, -0.2) is 13.5 Å². The molecule has 2 heterocycles. The zero-order chi connectivity index (χ0) is 21.2. The SMILES string of the molecule is C[C@]12Cc3cnn(-c4ccc(F)cc4)c3C=C1CCC2[C@@H](F)c1csc2ccccc12. The average Bonchev–Trinajstić information content (AvgIpc) is 3.46. The van der Waals surface area contributed by atoms with E-state index in [0.717, 1.165) is 51.9 Å². The van der Waals surface area contributed by atoms with Crippen LogP contribution in [0.25, 0.3) is 21.8 Å². The molecule has 1 fully saturated rings. The second kappa shape index (κ2) is 6.86. The quantitative estimate of drug-likeness (QED) is 0.332. The van der Waals surface area contributed by atoms with Gasteiger partial charge in [0.15, 0.2) is 0 Å². The second-order valence-electron chi connectivity index (χ2n) is 8.94. The van der Waals surface area contributed by atoms with Gasteiger partial charge in [-0.05, 0) is 77.4 Å². The highest BCUT2D eigenvalue weighted by molar-refractivity contribution is 7.17. The first-order valence-corrected chi connectivity index (χ1v) is 11.6. The Morgan fingerprint density at radius 1 is 1.16 bits per heavy atom. The van der Waals surface area contributed by atoms with E-state index in [2.05, 4.69) is 24.2 Å². The Kier molecular flexibility index (Phi) is 4.19. The summed E-state index contributed by atoms with van der Waals surface area (Å²) in [7, 11) is 0. The Morgan fingerprint density at radius 3 is 2.81 bits per heavy atom. The average molecular weight is 433 g/mol. The van der Waals surface area contributed by atoms with E-state index >= 15 is 4.39 Å². The molecule has 0 amide bonds. The number of hydrogen-bond donors (Lipinski definition) is 0. The number of thiophene rings is 1. The number of hydrogen-bond acceptors (Lipinski definition) is 2. The summed E-state index contributed by atoms with van der Waals surface area (Å²) in [4.78, 5) is 0. The minimum atomic E-state index is -0.985. The van der Waals surface area contributed by atoms with Crippen molar-refractivity contribution in [1.82, 2.24) is 9.78 Å². The van der Waals surface area contributed by atoms with Gasteiger partial charge in [0.2, 0.25) is 0 Å². The highest BCUT2D eigenvalue weighted by Crippen LogP contribution is 2.58. The number of alkyl halides is 1. The summed E-state index contributed by atoms with van der Waals surface area (Å²) in [5.74, 6) is -0.316. The third kappa shape index (κ3) is 2.83. The molecule has 0 aliphatic heterocycles. The number of aromatic nitrogens is 2. The third-order valence-electron chi connectivity index (χ3n) is 7.26. The predicted molar refractivity (Wildman–Crippen MR) is 122 cm³/mol. The van der Waals surface area contributed by atoms with Crippen LogP contribution in [0.3, 0.4) is 0 Å². The molecule has 0 spiro atoms. The van der Waals surface area contributed by atoms with Gasteiger partial charge in [-0.3, -0.25) is 0 Å². The van der Waals surface area contributed by atoms with Gasteiger partial charge in [-0.1, -0.05) is 30.7 Å². The molecule has 2 aliphatic rings. The lowest BCUT2D eigenvalue weighted by molar-refractivity contribution is 0.137. The molecule has 3 atom stereocenters. The Labute approximate surface area is 183 Å². The Hall–Kier alpha value is -2.79. The molecule has 31 heavy (non-hydrogen) atoms. The van der Waals surface area contributed by atoms with Gasteiger partial charge in [0, 0.05) is 16.2 Å². The minimum Gasteiger partial charge on any atom is -0.242 e. The molecule has 0 bridgehead atoms. The fraction of sp³-hybridized carbons (Fsp3) is 0.269. The van der Waals surface area contributed by atoms with Crippen LogP contribution in [-0.4, -0.2) is 9.78 Å². The number of halogens is 2. The molecule has 2 aromatic heterocycles. The molecule has 2 nitrogen and oxygen atoms in total. The summed E-state index contributed by atoms with van der Waals surface area (Å²) in [5, 5.41) is 7.62. The standard InChI is InChI=1S/C26H22F2N2S/c1-26-13-16-14-29-30(19-9-7-18(27)8-10-19)23(16)12-17(26)6-11-22(26)25(28)21-15-31-24-5-3-2-4-20(21)24/h2-5,7-10,12,14-15,22,25H,6,11,13H2,1H3/t22?,25-,26-/m0/s1.